The molecule has 1 amide bonds. The normalized spacial score (nSPS) is 16.8. The molecule has 1 N–H and O–H groups in total. The van der Waals surface area contributed by atoms with Crippen molar-refractivity contribution in [1.29, 1.82) is 0 Å². The Balaban J connectivity index is 1.92. The van der Waals surface area contributed by atoms with E-state index in [-0.39, 0.29) is 18.6 Å². The zero-order chi connectivity index (χ0) is 13.4. The summed E-state index contributed by atoms with van der Waals surface area (Å²) in [5.74, 6) is -2.57. The summed E-state index contributed by atoms with van der Waals surface area (Å²) in [6.07, 6.45) is 5.70. The number of carbonyl (C=O) groups is 1. The first-order chi connectivity index (χ1) is 8.47. The predicted molar refractivity (Wildman–Crippen MR) is 65.8 cm³/mol. The summed E-state index contributed by atoms with van der Waals surface area (Å²) in [7, 11) is 0. The van der Waals surface area contributed by atoms with Crippen LogP contribution in [-0.2, 0) is 4.74 Å². The number of unbranched alkanes of at least 4 members (excludes halogenated alkanes) is 2. The average Bonchev–Trinajstić information content (AvgIpc) is 2.74. The van der Waals surface area contributed by atoms with E-state index in [1.807, 2.05) is 0 Å². The van der Waals surface area contributed by atoms with Crippen LogP contribution < -0.4 is 5.32 Å². The monoisotopic (exact) mass is 263 g/mol. The van der Waals surface area contributed by atoms with Gasteiger partial charge < -0.3 is 10.1 Å². The van der Waals surface area contributed by atoms with Gasteiger partial charge in [-0.2, -0.15) is 0 Å². The van der Waals surface area contributed by atoms with Gasteiger partial charge in [0.05, 0.1) is 0 Å². The molecule has 0 aliphatic heterocycles. The summed E-state index contributed by atoms with van der Waals surface area (Å²) in [4.78, 5) is 11.3. The first-order valence-corrected chi connectivity index (χ1v) is 6.80. The quantitative estimate of drug-likeness (QED) is 0.708. The highest BCUT2D eigenvalue weighted by atomic mass is 19.3. The van der Waals surface area contributed by atoms with Gasteiger partial charge in [-0.25, -0.2) is 13.6 Å². The van der Waals surface area contributed by atoms with Crippen LogP contribution in [0.15, 0.2) is 0 Å². The summed E-state index contributed by atoms with van der Waals surface area (Å²) in [6.45, 7) is 1.44. The molecule has 0 aromatic heterocycles. The Morgan fingerprint density at radius 1 is 1.28 bits per heavy atom. The lowest BCUT2D eigenvalue weighted by Gasteiger charge is -2.12. The lowest BCUT2D eigenvalue weighted by molar-refractivity contribution is 0.0103. The summed E-state index contributed by atoms with van der Waals surface area (Å²) in [5, 5.41) is 2.66. The van der Waals surface area contributed by atoms with E-state index in [9.17, 15) is 13.6 Å². The minimum absolute atomic E-state index is 0.0729. The Labute approximate surface area is 107 Å². The van der Waals surface area contributed by atoms with Gasteiger partial charge in [0.25, 0.3) is 0 Å². The fourth-order valence-corrected chi connectivity index (χ4v) is 2.13. The number of rotatable bonds is 7. The second kappa shape index (κ2) is 7.54. The molecule has 1 saturated carbocycles. The number of amides is 1. The van der Waals surface area contributed by atoms with Crippen molar-refractivity contribution in [3.05, 3.63) is 0 Å². The van der Waals surface area contributed by atoms with Crippen LogP contribution in [-0.4, -0.2) is 24.7 Å². The Hall–Kier alpha value is -0.870. The van der Waals surface area contributed by atoms with Crippen LogP contribution in [0.25, 0.3) is 0 Å². The van der Waals surface area contributed by atoms with Crippen LogP contribution in [0.2, 0.25) is 0 Å². The van der Waals surface area contributed by atoms with E-state index >= 15 is 0 Å². The van der Waals surface area contributed by atoms with Gasteiger partial charge >= 0.3 is 6.09 Å². The standard InChI is InChI=1S/C13H23F2NO2/c1-13(14,15)9-5-2-6-10-16-12(17)18-11-7-3-4-8-11/h11H,2-10H2,1H3,(H,16,17). The van der Waals surface area contributed by atoms with Gasteiger partial charge in [0.1, 0.15) is 6.10 Å². The summed E-state index contributed by atoms with van der Waals surface area (Å²) >= 11 is 0. The number of alkyl halides is 2. The maximum Gasteiger partial charge on any atom is 0.407 e. The number of ether oxygens (including phenoxy) is 1. The molecule has 0 heterocycles. The molecule has 0 bridgehead atoms. The number of halogens is 2. The molecule has 0 spiro atoms. The van der Waals surface area contributed by atoms with Gasteiger partial charge in [-0.05, 0) is 45.4 Å². The lowest BCUT2D eigenvalue weighted by Crippen LogP contribution is -2.28. The molecule has 18 heavy (non-hydrogen) atoms. The fourth-order valence-electron chi connectivity index (χ4n) is 2.13. The van der Waals surface area contributed by atoms with Crippen molar-refractivity contribution in [2.24, 2.45) is 0 Å². The van der Waals surface area contributed by atoms with Gasteiger partial charge in [-0.15, -0.1) is 0 Å². The summed E-state index contributed by atoms with van der Waals surface area (Å²) < 4.78 is 30.2. The van der Waals surface area contributed by atoms with E-state index < -0.39 is 5.92 Å². The molecule has 5 heteroatoms. The minimum atomic E-state index is -2.57. The van der Waals surface area contributed by atoms with Crippen LogP contribution in [0.5, 0.6) is 0 Å². The SMILES string of the molecule is CC(F)(F)CCCCCNC(=O)OC1CCCC1. The van der Waals surface area contributed by atoms with E-state index in [0.29, 0.717) is 19.4 Å². The second-order valence-electron chi connectivity index (χ2n) is 5.12. The number of hydrogen-bond donors (Lipinski definition) is 1. The van der Waals surface area contributed by atoms with Crippen molar-refractivity contribution in [2.75, 3.05) is 6.54 Å². The number of hydrogen-bond acceptors (Lipinski definition) is 2. The molecule has 1 rings (SSSR count). The van der Waals surface area contributed by atoms with E-state index in [1.165, 1.54) is 0 Å². The molecule has 0 radical (unpaired) electrons. The van der Waals surface area contributed by atoms with Crippen molar-refractivity contribution >= 4 is 6.09 Å². The van der Waals surface area contributed by atoms with E-state index in [2.05, 4.69) is 5.32 Å². The number of alkyl carbamates (subject to hydrolysis) is 1. The van der Waals surface area contributed by atoms with Crippen molar-refractivity contribution in [3.8, 4) is 0 Å². The summed E-state index contributed by atoms with van der Waals surface area (Å²) in [6, 6.07) is 0. The Morgan fingerprint density at radius 3 is 2.56 bits per heavy atom. The third kappa shape index (κ3) is 7.45. The molecular formula is C13H23F2NO2. The molecule has 0 saturated heterocycles. The Morgan fingerprint density at radius 2 is 1.94 bits per heavy atom. The lowest BCUT2D eigenvalue weighted by atomic mass is 10.1. The first kappa shape index (κ1) is 15.2. The minimum Gasteiger partial charge on any atom is -0.446 e. The predicted octanol–water partition coefficient (Wildman–Crippen LogP) is 3.87. The zero-order valence-electron chi connectivity index (χ0n) is 11.0. The highest BCUT2D eigenvalue weighted by Gasteiger charge is 2.20. The second-order valence-corrected chi connectivity index (χ2v) is 5.12. The Kier molecular flexibility index (Phi) is 6.36. The maximum absolute atomic E-state index is 12.5. The fraction of sp³-hybridized carbons (Fsp3) is 0.923. The van der Waals surface area contributed by atoms with E-state index in [0.717, 1.165) is 39.0 Å². The van der Waals surface area contributed by atoms with Crippen LogP contribution in [0, 0.1) is 0 Å². The van der Waals surface area contributed by atoms with Gasteiger partial charge in [0, 0.05) is 13.0 Å². The maximum atomic E-state index is 12.5. The molecule has 0 atom stereocenters. The molecule has 1 aliphatic carbocycles. The molecule has 106 valence electrons. The van der Waals surface area contributed by atoms with Gasteiger partial charge in [-0.3, -0.25) is 0 Å². The molecular weight excluding hydrogens is 240 g/mol. The molecule has 3 nitrogen and oxygen atoms in total. The molecule has 0 aromatic carbocycles. The Bertz CT molecular complexity index is 248. The molecule has 1 fully saturated rings. The average molecular weight is 263 g/mol. The van der Waals surface area contributed by atoms with Crippen molar-refractivity contribution in [3.63, 3.8) is 0 Å². The molecule has 1 aliphatic rings. The van der Waals surface area contributed by atoms with Gasteiger partial charge in [0.15, 0.2) is 0 Å². The van der Waals surface area contributed by atoms with Crippen molar-refractivity contribution < 1.29 is 18.3 Å². The number of carbonyl (C=O) groups excluding carboxylic acids is 1. The van der Waals surface area contributed by atoms with Crippen molar-refractivity contribution in [1.82, 2.24) is 5.32 Å². The van der Waals surface area contributed by atoms with Crippen LogP contribution in [0.4, 0.5) is 13.6 Å². The van der Waals surface area contributed by atoms with Crippen LogP contribution >= 0.6 is 0 Å². The summed E-state index contributed by atoms with van der Waals surface area (Å²) in [5.41, 5.74) is 0. The molecule has 0 unspecified atom stereocenters. The zero-order valence-corrected chi connectivity index (χ0v) is 11.0. The highest BCUT2D eigenvalue weighted by Crippen LogP contribution is 2.21. The third-order valence-electron chi connectivity index (χ3n) is 3.14. The topological polar surface area (TPSA) is 38.3 Å². The van der Waals surface area contributed by atoms with Gasteiger partial charge in [0.2, 0.25) is 5.92 Å². The number of nitrogens with one attached hydrogen (secondary N) is 1. The van der Waals surface area contributed by atoms with Gasteiger partial charge in [-0.1, -0.05) is 6.42 Å². The first-order valence-electron chi connectivity index (χ1n) is 6.80. The third-order valence-corrected chi connectivity index (χ3v) is 3.14. The molecule has 0 aromatic rings. The van der Waals surface area contributed by atoms with E-state index in [1.54, 1.807) is 0 Å². The highest BCUT2D eigenvalue weighted by molar-refractivity contribution is 5.67. The largest absolute Gasteiger partial charge is 0.446 e. The smallest absolute Gasteiger partial charge is 0.407 e. The van der Waals surface area contributed by atoms with Crippen molar-refractivity contribution in [2.45, 2.75) is 70.3 Å². The van der Waals surface area contributed by atoms with E-state index in [4.69, 9.17) is 4.74 Å². The van der Waals surface area contributed by atoms with Crippen LogP contribution in [0.3, 0.4) is 0 Å². The van der Waals surface area contributed by atoms with Crippen LogP contribution in [0.1, 0.15) is 58.3 Å².